The molecule has 0 aromatic carbocycles. The van der Waals surface area contributed by atoms with E-state index in [-0.39, 0.29) is 0 Å². The van der Waals surface area contributed by atoms with Gasteiger partial charge in [-0.05, 0) is 0 Å². The van der Waals surface area contributed by atoms with Gasteiger partial charge in [0.2, 0.25) is 0 Å². The van der Waals surface area contributed by atoms with Gasteiger partial charge in [-0.2, -0.15) is 0 Å². The molecule has 0 amide bonds. The van der Waals surface area contributed by atoms with Gasteiger partial charge in [-0.15, -0.1) is 0 Å². The van der Waals surface area contributed by atoms with Crippen molar-refractivity contribution in [3.05, 3.63) is 18.1 Å². The van der Waals surface area contributed by atoms with Gasteiger partial charge >= 0.3 is 0 Å². The number of nitrogens with one attached hydrogen (secondary N) is 1. The number of hydrogen-bond acceptors (Lipinski definition) is 5. The van der Waals surface area contributed by atoms with E-state index in [9.17, 15) is 0 Å². The highest BCUT2D eigenvalue weighted by atomic mass is 15.2. The minimum absolute atomic E-state index is 0.905. The fraction of sp³-hybridized carbons (Fsp3) is 0.636. The Kier molecular flexibility index (Phi) is 3.69. The summed E-state index contributed by atoms with van der Waals surface area (Å²) in [5.41, 5.74) is 1.05. The van der Waals surface area contributed by atoms with Gasteiger partial charge < -0.3 is 10.2 Å². The second kappa shape index (κ2) is 5.23. The summed E-state index contributed by atoms with van der Waals surface area (Å²) in [6.07, 6.45) is 3.70. The molecule has 2 heterocycles. The van der Waals surface area contributed by atoms with Crippen molar-refractivity contribution in [3.8, 4) is 0 Å². The summed E-state index contributed by atoms with van der Waals surface area (Å²) in [6, 6.07) is 0. The summed E-state index contributed by atoms with van der Waals surface area (Å²) in [6.45, 7) is 5.24. The molecule has 0 spiro atoms. The number of rotatable bonds is 3. The largest absolute Gasteiger partial charge is 0.361 e. The Hall–Kier alpha value is -1.20. The minimum Gasteiger partial charge on any atom is -0.361 e. The fourth-order valence-corrected chi connectivity index (χ4v) is 1.76. The minimum atomic E-state index is 0.905. The highest BCUT2D eigenvalue weighted by Crippen LogP contribution is 2.06. The Morgan fingerprint density at radius 2 is 2.00 bits per heavy atom. The average Bonchev–Trinajstić information content (AvgIpc) is 2.31. The fourth-order valence-electron chi connectivity index (χ4n) is 1.76. The molecule has 5 heteroatoms. The van der Waals surface area contributed by atoms with E-state index in [1.807, 2.05) is 31.4 Å². The molecule has 1 aromatic rings. The lowest BCUT2D eigenvalue weighted by molar-refractivity contribution is 0.230. The third kappa shape index (κ3) is 2.90. The smallest absolute Gasteiger partial charge is 0.146 e. The molecular formula is C11H19N5. The normalized spacial score (nSPS) is 17.4. The molecule has 0 bridgehead atoms. The quantitative estimate of drug-likeness (QED) is 0.775. The van der Waals surface area contributed by atoms with Crippen LogP contribution in [0.15, 0.2) is 12.4 Å². The van der Waals surface area contributed by atoms with Crippen molar-refractivity contribution < 1.29 is 0 Å². The summed E-state index contributed by atoms with van der Waals surface area (Å²) in [5, 5.41) is 3.34. The Bertz CT molecular complexity index is 316. The third-order valence-corrected chi connectivity index (χ3v) is 2.75. The van der Waals surface area contributed by atoms with Crippen LogP contribution in [0.4, 0.5) is 5.82 Å². The summed E-state index contributed by atoms with van der Waals surface area (Å²) in [5.74, 6) is 0.907. The van der Waals surface area contributed by atoms with Crippen molar-refractivity contribution in [1.29, 1.82) is 0 Å². The SMILES string of the molecule is CN(C)c1cnc(CN2CCNCC2)cn1. The standard InChI is InChI=1S/C11H19N5/c1-15(2)11-8-13-10(7-14-11)9-16-5-3-12-4-6-16/h7-8,12H,3-6,9H2,1-2H3. The first-order valence-corrected chi connectivity index (χ1v) is 5.67. The van der Waals surface area contributed by atoms with Gasteiger partial charge in [0, 0.05) is 46.8 Å². The van der Waals surface area contributed by atoms with Crippen LogP contribution < -0.4 is 10.2 Å². The van der Waals surface area contributed by atoms with Crippen LogP contribution in [-0.2, 0) is 6.54 Å². The monoisotopic (exact) mass is 221 g/mol. The molecule has 16 heavy (non-hydrogen) atoms. The number of aromatic nitrogens is 2. The number of hydrogen-bond donors (Lipinski definition) is 1. The molecule has 1 aliphatic rings. The van der Waals surface area contributed by atoms with Gasteiger partial charge in [-0.1, -0.05) is 0 Å². The predicted molar refractivity (Wildman–Crippen MR) is 64.5 cm³/mol. The second-order valence-electron chi connectivity index (χ2n) is 4.29. The molecule has 0 radical (unpaired) electrons. The lowest BCUT2D eigenvalue weighted by atomic mass is 10.3. The number of anilines is 1. The van der Waals surface area contributed by atoms with E-state index >= 15 is 0 Å². The van der Waals surface area contributed by atoms with Crippen molar-refractivity contribution in [2.75, 3.05) is 45.2 Å². The van der Waals surface area contributed by atoms with Crippen molar-refractivity contribution in [2.24, 2.45) is 0 Å². The third-order valence-electron chi connectivity index (χ3n) is 2.75. The number of nitrogens with zero attached hydrogens (tertiary/aromatic N) is 4. The summed E-state index contributed by atoms with van der Waals surface area (Å²) in [4.78, 5) is 13.2. The van der Waals surface area contributed by atoms with Gasteiger partial charge in [0.05, 0.1) is 18.1 Å². The van der Waals surface area contributed by atoms with E-state index in [0.717, 1.165) is 44.2 Å². The molecule has 1 aromatic heterocycles. The molecule has 1 saturated heterocycles. The van der Waals surface area contributed by atoms with Crippen molar-refractivity contribution in [2.45, 2.75) is 6.54 Å². The zero-order chi connectivity index (χ0) is 11.4. The van der Waals surface area contributed by atoms with E-state index in [1.165, 1.54) is 0 Å². The lowest BCUT2D eigenvalue weighted by Crippen LogP contribution is -2.43. The van der Waals surface area contributed by atoms with Crippen molar-refractivity contribution in [1.82, 2.24) is 20.2 Å². The van der Waals surface area contributed by atoms with Gasteiger partial charge in [0.25, 0.3) is 0 Å². The molecule has 88 valence electrons. The van der Waals surface area contributed by atoms with E-state index in [4.69, 9.17) is 0 Å². The first-order valence-electron chi connectivity index (χ1n) is 5.67. The summed E-state index contributed by atoms with van der Waals surface area (Å²) in [7, 11) is 3.94. The summed E-state index contributed by atoms with van der Waals surface area (Å²) < 4.78 is 0. The van der Waals surface area contributed by atoms with Crippen LogP contribution in [0.2, 0.25) is 0 Å². The highest BCUT2D eigenvalue weighted by Gasteiger charge is 2.10. The van der Waals surface area contributed by atoms with Crippen LogP contribution in [0.1, 0.15) is 5.69 Å². The molecule has 1 fully saturated rings. The van der Waals surface area contributed by atoms with E-state index in [2.05, 4.69) is 20.2 Å². The molecular weight excluding hydrogens is 202 g/mol. The molecule has 1 aliphatic heterocycles. The van der Waals surface area contributed by atoms with Crippen LogP contribution in [-0.4, -0.2) is 55.1 Å². The van der Waals surface area contributed by atoms with Crippen LogP contribution >= 0.6 is 0 Å². The Morgan fingerprint density at radius 3 is 2.56 bits per heavy atom. The van der Waals surface area contributed by atoms with Gasteiger partial charge in [-0.3, -0.25) is 9.88 Å². The van der Waals surface area contributed by atoms with E-state index in [0.29, 0.717) is 0 Å². The first-order chi connectivity index (χ1) is 7.75. The lowest BCUT2D eigenvalue weighted by Gasteiger charge is -2.26. The van der Waals surface area contributed by atoms with Gasteiger partial charge in [-0.25, -0.2) is 4.98 Å². The first kappa shape index (κ1) is 11.3. The zero-order valence-electron chi connectivity index (χ0n) is 9.98. The summed E-state index contributed by atoms with van der Waals surface area (Å²) >= 11 is 0. The van der Waals surface area contributed by atoms with Crippen molar-refractivity contribution in [3.63, 3.8) is 0 Å². The van der Waals surface area contributed by atoms with Crippen LogP contribution in [0.25, 0.3) is 0 Å². The average molecular weight is 221 g/mol. The maximum absolute atomic E-state index is 4.43. The molecule has 5 nitrogen and oxygen atoms in total. The second-order valence-corrected chi connectivity index (χ2v) is 4.29. The molecule has 0 atom stereocenters. The van der Waals surface area contributed by atoms with Gasteiger partial charge in [0.15, 0.2) is 0 Å². The Balaban J connectivity index is 1.93. The van der Waals surface area contributed by atoms with Crippen LogP contribution in [0, 0.1) is 0 Å². The maximum atomic E-state index is 4.43. The molecule has 0 aliphatic carbocycles. The van der Waals surface area contributed by atoms with Crippen LogP contribution in [0.3, 0.4) is 0 Å². The van der Waals surface area contributed by atoms with Crippen molar-refractivity contribution >= 4 is 5.82 Å². The number of piperazine rings is 1. The zero-order valence-corrected chi connectivity index (χ0v) is 9.98. The maximum Gasteiger partial charge on any atom is 0.146 e. The molecule has 2 rings (SSSR count). The molecule has 0 saturated carbocycles. The van der Waals surface area contributed by atoms with Gasteiger partial charge in [0.1, 0.15) is 5.82 Å². The van der Waals surface area contributed by atoms with Crippen LogP contribution in [0.5, 0.6) is 0 Å². The highest BCUT2D eigenvalue weighted by molar-refractivity contribution is 5.32. The van der Waals surface area contributed by atoms with E-state index in [1.54, 1.807) is 0 Å². The molecule has 0 unspecified atom stereocenters. The van der Waals surface area contributed by atoms with E-state index < -0.39 is 0 Å². The predicted octanol–water partition coefficient (Wildman–Crippen LogP) is -0.0522. The Morgan fingerprint density at radius 1 is 1.25 bits per heavy atom. The molecule has 1 N–H and O–H groups in total. The topological polar surface area (TPSA) is 44.3 Å². The Labute approximate surface area is 96.5 Å².